The lowest BCUT2D eigenvalue weighted by molar-refractivity contribution is -0.131. The number of nitrogens with two attached hydrogens (primary N) is 1. The third-order valence-corrected chi connectivity index (χ3v) is 6.36. The smallest absolute Gasteiger partial charge is 0.320 e. The number of carbonyl (C=O) groups is 2. The van der Waals surface area contributed by atoms with Gasteiger partial charge in [0, 0.05) is 61.8 Å². The van der Waals surface area contributed by atoms with Crippen molar-refractivity contribution in [3.05, 3.63) is 40.8 Å². The molecule has 164 valence electrons. The summed E-state index contributed by atoms with van der Waals surface area (Å²) < 4.78 is 6.06. The standard InChI is InChI=1S/C22H26ClN5O3/c1-14(29)27-7-4-18(5-8-27)31-13-17-10-25-12-19(20(17)23)16-9-15-3-2-6-28(22(24)30)21(15)26-11-16/h9-12,18H,2-8,13H2,1H3,(H2,24,30). The third kappa shape index (κ3) is 4.65. The summed E-state index contributed by atoms with van der Waals surface area (Å²) >= 11 is 6.70. The Morgan fingerprint density at radius 3 is 2.71 bits per heavy atom. The van der Waals surface area contributed by atoms with Gasteiger partial charge in [-0.1, -0.05) is 11.6 Å². The monoisotopic (exact) mass is 443 g/mol. The van der Waals surface area contributed by atoms with Gasteiger partial charge in [-0.3, -0.25) is 14.7 Å². The van der Waals surface area contributed by atoms with E-state index in [2.05, 4.69) is 9.97 Å². The van der Waals surface area contributed by atoms with Crippen LogP contribution in [0.2, 0.25) is 5.02 Å². The van der Waals surface area contributed by atoms with Gasteiger partial charge in [0.05, 0.1) is 17.7 Å². The van der Waals surface area contributed by atoms with E-state index in [1.807, 2.05) is 11.0 Å². The van der Waals surface area contributed by atoms with Crippen LogP contribution >= 0.6 is 11.6 Å². The highest BCUT2D eigenvalue weighted by Gasteiger charge is 2.24. The van der Waals surface area contributed by atoms with Crippen LogP contribution in [0.25, 0.3) is 11.1 Å². The number of aromatic nitrogens is 2. The highest BCUT2D eigenvalue weighted by molar-refractivity contribution is 6.34. The molecule has 3 amide bonds. The molecule has 0 saturated carbocycles. The molecule has 0 aliphatic carbocycles. The van der Waals surface area contributed by atoms with Crippen LogP contribution in [0.5, 0.6) is 0 Å². The SMILES string of the molecule is CC(=O)N1CCC(OCc2cncc(-c3cnc4c(c3)CCCN4C(N)=O)c2Cl)CC1. The van der Waals surface area contributed by atoms with Crippen LogP contribution in [-0.2, 0) is 22.6 Å². The van der Waals surface area contributed by atoms with Gasteiger partial charge >= 0.3 is 6.03 Å². The van der Waals surface area contributed by atoms with Crippen LogP contribution in [0.4, 0.5) is 10.6 Å². The minimum absolute atomic E-state index is 0.0977. The van der Waals surface area contributed by atoms with E-state index >= 15 is 0 Å². The van der Waals surface area contributed by atoms with E-state index in [1.165, 1.54) is 4.90 Å². The van der Waals surface area contributed by atoms with E-state index in [0.717, 1.165) is 61.0 Å². The van der Waals surface area contributed by atoms with Gasteiger partial charge in [-0.2, -0.15) is 0 Å². The highest BCUT2D eigenvalue weighted by Crippen LogP contribution is 2.34. The largest absolute Gasteiger partial charge is 0.373 e. The van der Waals surface area contributed by atoms with Gasteiger partial charge in [-0.05, 0) is 37.3 Å². The number of ether oxygens (including phenoxy) is 1. The summed E-state index contributed by atoms with van der Waals surface area (Å²) in [5.41, 5.74) is 8.88. The van der Waals surface area contributed by atoms with Gasteiger partial charge in [0.1, 0.15) is 5.82 Å². The number of rotatable bonds is 4. The van der Waals surface area contributed by atoms with Gasteiger partial charge in [-0.15, -0.1) is 0 Å². The fourth-order valence-corrected chi connectivity index (χ4v) is 4.42. The summed E-state index contributed by atoms with van der Waals surface area (Å²) in [5, 5.41) is 0.584. The zero-order chi connectivity index (χ0) is 22.0. The molecule has 9 heteroatoms. The summed E-state index contributed by atoms with van der Waals surface area (Å²) in [6.45, 7) is 3.97. The first-order valence-corrected chi connectivity index (χ1v) is 10.9. The maximum absolute atomic E-state index is 11.7. The van der Waals surface area contributed by atoms with Gasteiger partial charge in [0.25, 0.3) is 0 Å². The van der Waals surface area contributed by atoms with E-state index < -0.39 is 6.03 Å². The molecule has 4 heterocycles. The molecule has 0 radical (unpaired) electrons. The zero-order valence-corrected chi connectivity index (χ0v) is 18.3. The summed E-state index contributed by atoms with van der Waals surface area (Å²) in [7, 11) is 0. The van der Waals surface area contributed by atoms with Crippen LogP contribution in [0, 0.1) is 0 Å². The van der Waals surface area contributed by atoms with Crippen molar-refractivity contribution in [1.29, 1.82) is 0 Å². The Morgan fingerprint density at radius 2 is 2.00 bits per heavy atom. The Kier molecular flexibility index (Phi) is 6.38. The lowest BCUT2D eigenvalue weighted by Crippen LogP contribution is -2.40. The minimum atomic E-state index is -0.491. The van der Waals surface area contributed by atoms with Crippen molar-refractivity contribution in [2.45, 2.75) is 45.3 Å². The van der Waals surface area contributed by atoms with Gasteiger partial charge in [-0.25, -0.2) is 9.78 Å². The molecule has 2 aromatic rings. The molecule has 2 aliphatic rings. The zero-order valence-electron chi connectivity index (χ0n) is 17.5. The van der Waals surface area contributed by atoms with Crippen molar-refractivity contribution in [2.75, 3.05) is 24.5 Å². The van der Waals surface area contributed by atoms with Crippen LogP contribution in [0.15, 0.2) is 24.7 Å². The Hall–Kier alpha value is -2.71. The number of aryl methyl sites for hydroxylation is 1. The van der Waals surface area contributed by atoms with Crippen LogP contribution in [0.1, 0.15) is 37.3 Å². The van der Waals surface area contributed by atoms with Crippen molar-refractivity contribution in [3.63, 3.8) is 0 Å². The molecule has 1 fully saturated rings. The van der Waals surface area contributed by atoms with Crippen LogP contribution in [0.3, 0.4) is 0 Å². The van der Waals surface area contributed by atoms with E-state index in [-0.39, 0.29) is 12.0 Å². The summed E-state index contributed by atoms with van der Waals surface area (Å²) in [6, 6.07) is 1.51. The average Bonchev–Trinajstić information content (AvgIpc) is 2.77. The molecule has 1 saturated heterocycles. The number of primary amides is 1. The molecule has 0 aromatic carbocycles. The number of hydrogen-bond acceptors (Lipinski definition) is 5. The fraction of sp³-hybridized carbons (Fsp3) is 0.455. The van der Waals surface area contributed by atoms with E-state index in [9.17, 15) is 9.59 Å². The first-order chi connectivity index (χ1) is 14.9. The van der Waals surface area contributed by atoms with Gasteiger partial charge < -0.3 is 15.4 Å². The van der Waals surface area contributed by atoms with E-state index in [0.29, 0.717) is 24.0 Å². The second-order valence-corrected chi connectivity index (χ2v) is 8.35. The number of urea groups is 1. The second-order valence-electron chi connectivity index (χ2n) is 7.98. The molecule has 0 atom stereocenters. The number of carbonyl (C=O) groups excluding carboxylic acids is 2. The molecule has 0 spiro atoms. The summed E-state index contributed by atoms with van der Waals surface area (Å²) in [4.78, 5) is 35.3. The third-order valence-electron chi connectivity index (χ3n) is 5.92. The number of anilines is 1. The molecule has 2 aromatic heterocycles. The molecule has 2 aliphatic heterocycles. The number of likely N-dealkylation sites (tertiary alicyclic amines) is 1. The van der Waals surface area contributed by atoms with Crippen molar-refractivity contribution < 1.29 is 14.3 Å². The van der Waals surface area contributed by atoms with Crippen molar-refractivity contribution in [2.24, 2.45) is 5.73 Å². The number of piperidine rings is 1. The molecule has 0 unspecified atom stereocenters. The molecule has 8 nitrogen and oxygen atoms in total. The predicted octanol–water partition coefficient (Wildman–Crippen LogP) is 3.16. The molecular formula is C22H26ClN5O3. The Labute approximate surface area is 186 Å². The Morgan fingerprint density at radius 1 is 1.23 bits per heavy atom. The normalized spacial score (nSPS) is 16.8. The second kappa shape index (κ2) is 9.20. The predicted molar refractivity (Wildman–Crippen MR) is 118 cm³/mol. The lowest BCUT2D eigenvalue weighted by Gasteiger charge is -2.31. The lowest BCUT2D eigenvalue weighted by atomic mass is 10.0. The number of pyridine rings is 2. The molecule has 2 N–H and O–H groups in total. The van der Waals surface area contributed by atoms with E-state index in [4.69, 9.17) is 22.1 Å². The van der Waals surface area contributed by atoms with Gasteiger partial charge in [0.2, 0.25) is 5.91 Å². The maximum atomic E-state index is 11.7. The van der Waals surface area contributed by atoms with Gasteiger partial charge in [0.15, 0.2) is 0 Å². The highest BCUT2D eigenvalue weighted by atomic mass is 35.5. The summed E-state index contributed by atoms with van der Waals surface area (Å²) in [6.07, 6.45) is 8.53. The Balaban J connectivity index is 1.48. The van der Waals surface area contributed by atoms with Crippen molar-refractivity contribution >= 4 is 29.4 Å². The van der Waals surface area contributed by atoms with Crippen molar-refractivity contribution in [3.8, 4) is 11.1 Å². The number of amides is 3. The summed E-state index contributed by atoms with van der Waals surface area (Å²) in [5.74, 6) is 0.721. The number of hydrogen-bond donors (Lipinski definition) is 1. The Bertz CT molecular complexity index is 991. The minimum Gasteiger partial charge on any atom is -0.373 e. The topological polar surface area (TPSA) is 102 Å². The van der Waals surface area contributed by atoms with Crippen molar-refractivity contribution in [1.82, 2.24) is 14.9 Å². The maximum Gasteiger partial charge on any atom is 0.320 e. The number of fused-ring (bicyclic) bond motifs is 1. The quantitative estimate of drug-likeness (QED) is 0.782. The number of halogens is 1. The molecular weight excluding hydrogens is 418 g/mol. The molecule has 0 bridgehead atoms. The van der Waals surface area contributed by atoms with Crippen LogP contribution < -0.4 is 10.6 Å². The van der Waals surface area contributed by atoms with Crippen LogP contribution in [-0.4, -0.2) is 52.5 Å². The number of nitrogens with zero attached hydrogens (tertiary/aromatic N) is 4. The average molecular weight is 444 g/mol. The molecule has 31 heavy (non-hydrogen) atoms. The molecule has 4 rings (SSSR count). The van der Waals surface area contributed by atoms with E-state index in [1.54, 1.807) is 25.5 Å². The first-order valence-electron chi connectivity index (χ1n) is 10.5. The first kappa shape index (κ1) is 21.5. The fourth-order valence-electron chi connectivity index (χ4n) is 4.16.